The van der Waals surface area contributed by atoms with E-state index in [2.05, 4.69) is 15.6 Å². The Morgan fingerprint density at radius 2 is 1.76 bits per heavy atom. The lowest BCUT2D eigenvalue weighted by atomic mass is 10.2. The number of nitrogens with one attached hydrogen (secondary N) is 2. The number of halogens is 3. The zero-order valence-electron chi connectivity index (χ0n) is 14.7. The summed E-state index contributed by atoms with van der Waals surface area (Å²) in [5.41, 5.74) is 1.12. The SMILES string of the molecule is O=C(NCc1ccc(Cl)c(Cl)c1)Nc1nc(CS(=O)(=O)c2ccc(Cl)cc2)cs1. The summed E-state index contributed by atoms with van der Waals surface area (Å²) in [6.07, 6.45) is 0. The van der Waals surface area contributed by atoms with Crippen molar-refractivity contribution in [2.75, 3.05) is 5.32 Å². The third kappa shape index (κ3) is 6.07. The van der Waals surface area contributed by atoms with Crippen molar-refractivity contribution in [3.8, 4) is 0 Å². The van der Waals surface area contributed by atoms with E-state index in [-0.39, 0.29) is 22.3 Å². The molecule has 152 valence electrons. The molecule has 0 aliphatic heterocycles. The molecular weight excluding hydrogens is 477 g/mol. The van der Waals surface area contributed by atoms with Crippen LogP contribution in [0.1, 0.15) is 11.3 Å². The van der Waals surface area contributed by atoms with E-state index in [4.69, 9.17) is 34.8 Å². The van der Waals surface area contributed by atoms with Gasteiger partial charge in [0.05, 0.1) is 26.4 Å². The molecule has 0 fully saturated rings. The number of carbonyl (C=O) groups is 1. The summed E-state index contributed by atoms with van der Waals surface area (Å²) in [5, 5.41) is 8.41. The molecule has 2 N–H and O–H groups in total. The number of sulfone groups is 1. The molecule has 0 aliphatic carbocycles. The number of anilines is 1. The van der Waals surface area contributed by atoms with E-state index in [1.54, 1.807) is 23.6 Å². The number of urea groups is 1. The molecule has 0 saturated heterocycles. The second-order valence-corrected chi connectivity index (χ2v) is 10.0. The largest absolute Gasteiger partial charge is 0.334 e. The number of hydrogen-bond acceptors (Lipinski definition) is 5. The number of hydrogen-bond donors (Lipinski definition) is 2. The number of rotatable bonds is 6. The van der Waals surface area contributed by atoms with Crippen LogP contribution in [0.4, 0.5) is 9.93 Å². The molecule has 3 rings (SSSR count). The van der Waals surface area contributed by atoms with Gasteiger partial charge in [-0.25, -0.2) is 18.2 Å². The Morgan fingerprint density at radius 1 is 1.03 bits per heavy atom. The second kappa shape index (κ2) is 9.32. The van der Waals surface area contributed by atoms with Gasteiger partial charge in [-0.05, 0) is 42.0 Å². The van der Waals surface area contributed by atoms with Gasteiger partial charge in [-0.15, -0.1) is 11.3 Å². The van der Waals surface area contributed by atoms with Crippen molar-refractivity contribution >= 4 is 67.1 Å². The fraction of sp³-hybridized carbons (Fsp3) is 0.111. The second-order valence-electron chi connectivity index (χ2n) is 5.91. The van der Waals surface area contributed by atoms with Crippen LogP contribution >= 0.6 is 46.1 Å². The number of amides is 2. The summed E-state index contributed by atoms with van der Waals surface area (Å²) < 4.78 is 24.9. The van der Waals surface area contributed by atoms with Crippen molar-refractivity contribution in [3.63, 3.8) is 0 Å². The van der Waals surface area contributed by atoms with Crippen molar-refractivity contribution in [2.24, 2.45) is 0 Å². The van der Waals surface area contributed by atoms with Crippen molar-refractivity contribution in [1.82, 2.24) is 10.3 Å². The maximum atomic E-state index is 12.5. The Bertz CT molecular complexity index is 1130. The maximum absolute atomic E-state index is 12.5. The molecule has 1 aromatic heterocycles. The van der Waals surface area contributed by atoms with Gasteiger partial charge in [0.25, 0.3) is 0 Å². The lowest BCUT2D eigenvalue weighted by molar-refractivity contribution is 0.251. The number of thiazole rings is 1. The third-order valence-corrected chi connectivity index (χ3v) is 7.18. The topological polar surface area (TPSA) is 88.2 Å². The summed E-state index contributed by atoms with van der Waals surface area (Å²) in [5.74, 6) is -0.280. The molecule has 0 spiro atoms. The van der Waals surface area contributed by atoms with E-state index < -0.39 is 15.9 Å². The molecule has 0 bridgehead atoms. The van der Waals surface area contributed by atoms with Crippen LogP contribution in [0.2, 0.25) is 15.1 Å². The molecular formula is C18H14Cl3N3O3S2. The Hall–Kier alpha value is -1.84. The summed E-state index contributed by atoms with van der Waals surface area (Å²) in [4.78, 5) is 16.4. The minimum atomic E-state index is -3.57. The molecule has 29 heavy (non-hydrogen) atoms. The first kappa shape index (κ1) is 21.9. The first-order chi connectivity index (χ1) is 13.7. The highest BCUT2D eigenvalue weighted by Crippen LogP contribution is 2.23. The molecule has 0 aliphatic rings. The Labute approximate surface area is 186 Å². The van der Waals surface area contributed by atoms with E-state index >= 15 is 0 Å². The number of benzene rings is 2. The van der Waals surface area contributed by atoms with Gasteiger partial charge in [0.2, 0.25) is 0 Å². The van der Waals surface area contributed by atoms with Crippen LogP contribution in [0, 0.1) is 0 Å². The molecule has 0 unspecified atom stereocenters. The van der Waals surface area contributed by atoms with Crippen molar-refractivity contribution in [1.29, 1.82) is 0 Å². The minimum absolute atomic E-state index is 0.156. The predicted molar refractivity (Wildman–Crippen MR) is 117 cm³/mol. The molecule has 2 aromatic carbocycles. The van der Waals surface area contributed by atoms with E-state index in [0.29, 0.717) is 20.8 Å². The van der Waals surface area contributed by atoms with E-state index in [0.717, 1.165) is 16.9 Å². The fourth-order valence-corrected chi connectivity index (χ4v) is 4.84. The molecule has 6 nitrogen and oxygen atoms in total. The summed E-state index contributed by atoms with van der Waals surface area (Å²) in [7, 11) is -3.57. The number of carbonyl (C=O) groups excluding carboxylic acids is 1. The van der Waals surface area contributed by atoms with Crippen molar-refractivity contribution in [2.45, 2.75) is 17.2 Å². The molecule has 3 aromatic rings. The zero-order chi connectivity index (χ0) is 21.0. The smallest absolute Gasteiger partial charge is 0.321 e. The summed E-state index contributed by atoms with van der Waals surface area (Å²) in [6, 6.07) is 10.5. The van der Waals surface area contributed by atoms with Crippen LogP contribution in [0.5, 0.6) is 0 Å². The first-order valence-electron chi connectivity index (χ1n) is 8.14. The highest BCUT2D eigenvalue weighted by atomic mass is 35.5. The number of nitrogens with zero attached hydrogens (tertiary/aromatic N) is 1. The Morgan fingerprint density at radius 3 is 2.45 bits per heavy atom. The standard InChI is InChI=1S/C18H14Cl3N3O3S2/c19-12-2-4-14(5-3-12)29(26,27)10-13-9-28-18(23-13)24-17(25)22-8-11-1-6-15(20)16(21)7-11/h1-7,9H,8,10H2,(H2,22,23,24,25). The van der Waals surface area contributed by atoms with Gasteiger partial charge in [-0.1, -0.05) is 40.9 Å². The summed E-state index contributed by atoms with van der Waals surface area (Å²) in [6.45, 7) is 0.242. The third-order valence-electron chi connectivity index (χ3n) is 3.72. The van der Waals surface area contributed by atoms with Gasteiger partial charge < -0.3 is 5.32 Å². The van der Waals surface area contributed by atoms with E-state index in [9.17, 15) is 13.2 Å². The summed E-state index contributed by atoms with van der Waals surface area (Å²) >= 11 is 18.7. The van der Waals surface area contributed by atoms with Crippen LogP contribution < -0.4 is 10.6 Å². The van der Waals surface area contributed by atoms with Gasteiger partial charge in [0.15, 0.2) is 15.0 Å². The van der Waals surface area contributed by atoms with E-state index in [1.807, 2.05) is 0 Å². The lowest BCUT2D eigenvalue weighted by Gasteiger charge is -2.06. The van der Waals surface area contributed by atoms with Crippen LogP contribution in [0.15, 0.2) is 52.7 Å². The molecule has 0 saturated carbocycles. The fourth-order valence-electron chi connectivity index (χ4n) is 2.32. The monoisotopic (exact) mass is 489 g/mol. The zero-order valence-corrected chi connectivity index (χ0v) is 18.6. The lowest BCUT2D eigenvalue weighted by Crippen LogP contribution is -2.28. The highest BCUT2D eigenvalue weighted by molar-refractivity contribution is 7.90. The molecule has 0 atom stereocenters. The van der Waals surface area contributed by atoms with Gasteiger partial charge in [-0.2, -0.15) is 0 Å². The Balaban J connectivity index is 1.57. The van der Waals surface area contributed by atoms with Crippen molar-refractivity contribution in [3.05, 3.63) is 74.2 Å². The molecule has 1 heterocycles. The Kier molecular flexibility index (Phi) is 7.02. The van der Waals surface area contributed by atoms with Crippen LogP contribution in [0.25, 0.3) is 0 Å². The normalized spacial score (nSPS) is 11.3. The highest BCUT2D eigenvalue weighted by Gasteiger charge is 2.18. The maximum Gasteiger partial charge on any atom is 0.321 e. The van der Waals surface area contributed by atoms with Gasteiger partial charge in [0.1, 0.15) is 0 Å². The quantitative estimate of drug-likeness (QED) is 0.484. The van der Waals surface area contributed by atoms with Crippen LogP contribution in [-0.2, 0) is 22.1 Å². The van der Waals surface area contributed by atoms with Gasteiger partial charge in [-0.3, -0.25) is 5.32 Å². The average molecular weight is 491 g/mol. The van der Waals surface area contributed by atoms with Crippen molar-refractivity contribution < 1.29 is 13.2 Å². The van der Waals surface area contributed by atoms with E-state index in [1.165, 1.54) is 24.3 Å². The minimum Gasteiger partial charge on any atom is -0.334 e. The van der Waals surface area contributed by atoms with Gasteiger partial charge >= 0.3 is 6.03 Å². The predicted octanol–water partition coefficient (Wildman–Crippen LogP) is 5.40. The first-order valence-corrected chi connectivity index (χ1v) is 11.8. The number of aromatic nitrogens is 1. The van der Waals surface area contributed by atoms with Crippen LogP contribution in [0.3, 0.4) is 0 Å². The average Bonchev–Trinajstić information content (AvgIpc) is 3.09. The van der Waals surface area contributed by atoms with Gasteiger partial charge in [0, 0.05) is 16.9 Å². The molecule has 0 radical (unpaired) electrons. The molecule has 2 amide bonds. The molecule has 11 heteroatoms. The van der Waals surface area contributed by atoms with Crippen LogP contribution in [-0.4, -0.2) is 19.4 Å².